The molecule has 0 aromatic carbocycles. The normalized spacial score (nSPS) is 13.3. The van der Waals surface area contributed by atoms with E-state index in [0.29, 0.717) is 0 Å². The smallest absolute Gasteiger partial charge is 0.326 e. The molecule has 0 rings (SSSR count). The first-order chi connectivity index (χ1) is 14.0. The molecular weight excluding hydrogens is 422 g/mol. The minimum Gasteiger partial charge on any atom is -0.481 e. The Bertz CT molecular complexity index is 670. The minimum absolute atomic E-state index is 0.0132. The van der Waals surface area contributed by atoms with Crippen LogP contribution in [0.15, 0.2) is 4.99 Å². The highest BCUT2D eigenvalue weighted by Gasteiger charge is 2.29. The fourth-order valence-electron chi connectivity index (χ4n) is 2.14. The van der Waals surface area contributed by atoms with E-state index < -0.39 is 60.8 Å². The number of carboxylic acid groups (broad SMARTS) is 2. The molecule has 0 bridgehead atoms. The number of amides is 3. The minimum atomic E-state index is -1.48. The van der Waals surface area contributed by atoms with Crippen molar-refractivity contribution in [3.8, 4) is 0 Å². The number of aliphatic carboxylic acids is 2. The van der Waals surface area contributed by atoms with Crippen LogP contribution in [-0.2, 0) is 24.0 Å². The molecule has 0 aliphatic carbocycles. The summed E-state index contributed by atoms with van der Waals surface area (Å²) in [5.41, 5.74) is 15.5. The summed E-state index contributed by atoms with van der Waals surface area (Å²) >= 11 is 3.95. The highest BCUT2D eigenvalue weighted by molar-refractivity contribution is 7.80. The average Bonchev–Trinajstić information content (AvgIpc) is 2.66. The van der Waals surface area contributed by atoms with Gasteiger partial charge in [-0.25, -0.2) is 4.79 Å². The third-order valence-electron chi connectivity index (χ3n) is 3.59. The van der Waals surface area contributed by atoms with Crippen LogP contribution >= 0.6 is 12.6 Å². The molecule has 0 aliphatic rings. The maximum absolute atomic E-state index is 12.4. The van der Waals surface area contributed by atoms with Crippen LogP contribution in [0.4, 0.5) is 0 Å². The Morgan fingerprint density at radius 1 is 0.933 bits per heavy atom. The quantitative estimate of drug-likeness (QED) is 0.0536. The van der Waals surface area contributed by atoms with Gasteiger partial charge in [0, 0.05) is 12.3 Å². The van der Waals surface area contributed by atoms with Crippen molar-refractivity contribution >= 4 is 48.2 Å². The van der Waals surface area contributed by atoms with Crippen LogP contribution in [0, 0.1) is 0 Å². The Kier molecular flexibility index (Phi) is 12.6. The van der Waals surface area contributed by atoms with E-state index in [4.69, 9.17) is 22.3 Å². The summed E-state index contributed by atoms with van der Waals surface area (Å²) in [5, 5.41) is 24.8. The number of nitrogens with two attached hydrogens (primary N) is 3. The van der Waals surface area contributed by atoms with Crippen molar-refractivity contribution in [2.75, 3.05) is 18.8 Å². The molecule has 0 radical (unpaired) electrons. The van der Waals surface area contributed by atoms with Crippen molar-refractivity contribution in [1.29, 1.82) is 0 Å². The van der Waals surface area contributed by atoms with Crippen LogP contribution in [-0.4, -0.2) is 82.8 Å². The third kappa shape index (κ3) is 11.1. The Labute approximate surface area is 177 Å². The van der Waals surface area contributed by atoms with E-state index >= 15 is 0 Å². The lowest BCUT2D eigenvalue weighted by Gasteiger charge is -2.23. The summed E-state index contributed by atoms with van der Waals surface area (Å²) in [6, 6.07) is -4.05. The van der Waals surface area contributed by atoms with Gasteiger partial charge in [0.25, 0.3) is 0 Å². The molecular formula is C15H27N7O7S. The van der Waals surface area contributed by atoms with Gasteiger partial charge in [0.15, 0.2) is 5.96 Å². The van der Waals surface area contributed by atoms with Crippen LogP contribution in [0.25, 0.3) is 0 Å². The molecule has 11 N–H and O–H groups in total. The van der Waals surface area contributed by atoms with E-state index in [-0.39, 0.29) is 31.1 Å². The van der Waals surface area contributed by atoms with Crippen LogP contribution in [0.1, 0.15) is 19.3 Å². The number of carbonyl (C=O) groups is 5. The summed E-state index contributed by atoms with van der Waals surface area (Å²) in [5.74, 6) is -5.64. The molecule has 170 valence electrons. The van der Waals surface area contributed by atoms with Gasteiger partial charge < -0.3 is 43.4 Å². The van der Waals surface area contributed by atoms with Crippen LogP contribution < -0.4 is 33.2 Å². The van der Waals surface area contributed by atoms with E-state index in [9.17, 15) is 29.1 Å². The maximum Gasteiger partial charge on any atom is 0.326 e. The van der Waals surface area contributed by atoms with E-state index in [1.54, 1.807) is 0 Å². The maximum atomic E-state index is 12.4. The fourth-order valence-corrected chi connectivity index (χ4v) is 2.39. The lowest BCUT2D eigenvalue weighted by Crippen LogP contribution is -2.57. The number of carbonyl (C=O) groups excluding carboxylic acids is 3. The number of guanidine groups is 1. The summed E-state index contributed by atoms with van der Waals surface area (Å²) in [6.45, 7) is -0.313. The van der Waals surface area contributed by atoms with Crippen molar-refractivity contribution in [3.63, 3.8) is 0 Å². The molecule has 3 unspecified atom stereocenters. The van der Waals surface area contributed by atoms with Gasteiger partial charge in [0.05, 0.1) is 13.0 Å². The van der Waals surface area contributed by atoms with Crippen molar-refractivity contribution in [2.45, 2.75) is 37.4 Å². The van der Waals surface area contributed by atoms with Gasteiger partial charge in [-0.05, 0) is 12.8 Å². The number of hydrogen-bond acceptors (Lipinski definition) is 8. The standard InChI is InChI=1S/C15H27N7O7S/c16-5-10(23)20-8(4-11(24)25)12(26)22-9(6-30)13(27)21-7(14(28)29)2-1-3-19-15(17)18/h7-9,30H,1-6,16H2,(H,20,23)(H,21,27)(H,22,26)(H,24,25)(H,28,29)(H4,17,18,19). The Morgan fingerprint density at radius 2 is 1.50 bits per heavy atom. The summed E-state index contributed by atoms with van der Waals surface area (Å²) in [7, 11) is 0. The van der Waals surface area contributed by atoms with Gasteiger partial charge in [-0.1, -0.05) is 0 Å². The summed E-state index contributed by atoms with van der Waals surface area (Å²) in [6.07, 6.45) is -0.473. The predicted molar refractivity (Wildman–Crippen MR) is 108 cm³/mol. The van der Waals surface area contributed by atoms with E-state index in [1.165, 1.54) is 0 Å². The molecule has 0 saturated carbocycles. The highest BCUT2D eigenvalue weighted by Crippen LogP contribution is 2.02. The number of carboxylic acids is 2. The van der Waals surface area contributed by atoms with Gasteiger partial charge in [0.2, 0.25) is 17.7 Å². The van der Waals surface area contributed by atoms with Crippen LogP contribution in [0.5, 0.6) is 0 Å². The Balaban J connectivity index is 5.04. The molecule has 0 fully saturated rings. The number of aliphatic imine (C=N–C) groups is 1. The zero-order chi connectivity index (χ0) is 23.3. The van der Waals surface area contributed by atoms with E-state index in [2.05, 4.69) is 33.6 Å². The van der Waals surface area contributed by atoms with Gasteiger partial charge >= 0.3 is 11.9 Å². The first kappa shape index (κ1) is 26.9. The average molecular weight is 449 g/mol. The number of thiol groups is 1. The second-order valence-electron chi connectivity index (χ2n) is 6.01. The van der Waals surface area contributed by atoms with Crippen molar-refractivity contribution in [1.82, 2.24) is 16.0 Å². The second-order valence-corrected chi connectivity index (χ2v) is 6.38. The monoisotopic (exact) mass is 449 g/mol. The Hall–Kier alpha value is -3.07. The second kappa shape index (κ2) is 14.0. The number of hydrogen-bond donors (Lipinski definition) is 9. The van der Waals surface area contributed by atoms with Crippen molar-refractivity contribution in [2.24, 2.45) is 22.2 Å². The fraction of sp³-hybridized carbons (Fsp3) is 0.600. The SMILES string of the molecule is NCC(=O)NC(CC(=O)O)C(=O)NC(CS)C(=O)NC(CCCN=C(N)N)C(=O)O. The molecule has 0 spiro atoms. The van der Waals surface area contributed by atoms with Gasteiger partial charge in [-0.2, -0.15) is 12.6 Å². The summed E-state index contributed by atoms with van der Waals surface area (Å²) < 4.78 is 0. The molecule has 14 nitrogen and oxygen atoms in total. The van der Waals surface area contributed by atoms with Gasteiger partial charge in [-0.3, -0.25) is 24.2 Å². The molecule has 30 heavy (non-hydrogen) atoms. The molecule has 0 aliphatic heterocycles. The topological polar surface area (TPSA) is 252 Å². The molecule has 0 aromatic rings. The van der Waals surface area contributed by atoms with Crippen molar-refractivity contribution in [3.05, 3.63) is 0 Å². The number of nitrogens with one attached hydrogen (secondary N) is 3. The Morgan fingerprint density at radius 3 is 1.97 bits per heavy atom. The highest BCUT2D eigenvalue weighted by atomic mass is 32.1. The molecule has 0 heterocycles. The van der Waals surface area contributed by atoms with E-state index in [0.717, 1.165) is 0 Å². The lowest BCUT2D eigenvalue weighted by atomic mass is 10.1. The third-order valence-corrected chi connectivity index (χ3v) is 3.96. The van der Waals surface area contributed by atoms with Crippen molar-refractivity contribution < 1.29 is 34.2 Å². The van der Waals surface area contributed by atoms with Crippen LogP contribution in [0.2, 0.25) is 0 Å². The summed E-state index contributed by atoms with van der Waals surface area (Å²) in [4.78, 5) is 62.0. The molecule has 0 aromatic heterocycles. The molecule has 15 heteroatoms. The first-order valence-corrected chi connectivity index (χ1v) is 9.36. The first-order valence-electron chi connectivity index (χ1n) is 8.72. The van der Waals surface area contributed by atoms with Gasteiger partial charge in [0.1, 0.15) is 18.1 Å². The van der Waals surface area contributed by atoms with Crippen LogP contribution in [0.3, 0.4) is 0 Å². The zero-order valence-corrected chi connectivity index (χ0v) is 16.9. The van der Waals surface area contributed by atoms with Gasteiger partial charge in [-0.15, -0.1) is 0 Å². The van der Waals surface area contributed by atoms with E-state index in [1.807, 2.05) is 0 Å². The zero-order valence-electron chi connectivity index (χ0n) is 16.0. The molecule has 0 saturated heterocycles. The number of rotatable bonds is 14. The number of nitrogens with zero attached hydrogens (tertiary/aromatic N) is 1. The lowest BCUT2D eigenvalue weighted by molar-refractivity contribution is -0.143. The predicted octanol–water partition coefficient (Wildman–Crippen LogP) is -4.06. The largest absolute Gasteiger partial charge is 0.481 e. The molecule has 3 atom stereocenters. The molecule has 3 amide bonds.